The van der Waals surface area contributed by atoms with Crippen LogP contribution in [0.3, 0.4) is 0 Å². The van der Waals surface area contributed by atoms with Gasteiger partial charge in [0.15, 0.2) is 0 Å². The summed E-state index contributed by atoms with van der Waals surface area (Å²) in [6.07, 6.45) is 9.59. The molecule has 2 N–H and O–H groups in total. The number of rotatable bonds is 10. The molecule has 2 heteroatoms. The number of nitrogens with one attached hydrogen (secondary N) is 1. The SMILES string of the molecule is CCCCCCCCC(C)(O)CCNC. The largest absolute Gasteiger partial charge is 0.390 e. The lowest BCUT2D eigenvalue weighted by Gasteiger charge is -2.22. The van der Waals surface area contributed by atoms with Crippen LogP contribution >= 0.6 is 0 Å². The normalized spacial score (nSPS) is 15.2. The van der Waals surface area contributed by atoms with Gasteiger partial charge in [0.05, 0.1) is 5.60 Å². The Bertz CT molecular complexity index is 134. The van der Waals surface area contributed by atoms with Crippen molar-refractivity contribution in [2.75, 3.05) is 13.6 Å². The highest BCUT2D eigenvalue weighted by Gasteiger charge is 2.18. The number of unbranched alkanes of at least 4 members (excludes halogenated alkanes) is 5. The van der Waals surface area contributed by atoms with Crippen LogP contribution in [0, 0.1) is 0 Å². The van der Waals surface area contributed by atoms with Crippen molar-refractivity contribution in [1.82, 2.24) is 5.32 Å². The van der Waals surface area contributed by atoms with E-state index in [0.717, 1.165) is 19.4 Å². The van der Waals surface area contributed by atoms with Crippen LogP contribution in [0.4, 0.5) is 0 Å². The molecular weight excluding hydrogens is 186 g/mol. The minimum Gasteiger partial charge on any atom is -0.390 e. The van der Waals surface area contributed by atoms with E-state index >= 15 is 0 Å². The third kappa shape index (κ3) is 10.2. The van der Waals surface area contributed by atoms with Gasteiger partial charge >= 0.3 is 0 Å². The Labute approximate surface area is 95.5 Å². The summed E-state index contributed by atoms with van der Waals surface area (Å²) in [5.74, 6) is 0. The molecule has 1 unspecified atom stereocenters. The fourth-order valence-corrected chi connectivity index (χ4v) is 1.81. The van der Waals surface area contributed by atoms with Gasteiger partial charge in [-0.05, 0) is 33.4 Å². The average molecular weight is 215 g/mol. The Kier molecular flexibility index (Phi) is 9.12. The molecule has 0 aliphatic rings. The van der Waals surface area contributed by atoms with Crippen molar-refractivity contribution in [1.29, 1.82) is 0 Å². The van der Waals surface area contributed by atoms with E-state index in [4.69, 9.17) is 0 Å². The number of aliphatic hydroxyl groups is 1. The molecular formula is C13H29NO. The third-order valence-electron chi connectivity index (χ3n) is 2.98. The molecule has 92 valence electrons. The van der Waals surface area contributed by atoms with E-state index in [1.807, 2.05) is 14.0 Å². The summed E-state index contributed by atoms with van der Waals surface area (Å²) < 4.78 is 0. The van der Waals surface area contributed by atoms with Crippen LogP contribution in [0.15, 0.2) is 0 Å². The second kappa shape index (κ2) is 9.17. The fourth-order valence-electron chi connectivity index (χ4n) is 1.81. The molecule has 0 aromatic rings. The van der Waals surface area contributed by atoms with Gasteiger partial charge in [-0.3, -0.25) is 0 Å². The molecule has 0 bridgehead atoms. The quantitative estimate of drug-likeness (QED) is 0.549. The smallest absolute Gasteiger partial charge is 0.0631 e. The summed E-state index contributed by atoms with van der Waals surface area (Å²) in [6.45, 7) is 5.10. The van der Waals surface area contributed by atoms with Crippen LogP contribution in [-0.4, -0.2) is 24.3 Å². The average Bonchev–Trinajstić information content (AvgIpc) is 2.20. The summed E-state index contributed by atoms with van der Waals surface area (Å²) in [4.78, 5) is 0. The lowest BCUT2D eigenvalue weighted by molar-refractivity contribution is 0.0400. The van der Waals surface area contributed by atoms with Gasteiger partial charge in [0.2, 0.25) is 0 Å². The molecule has 0 saturated carbocycles. The predicted octanol–water partition coefficient (Wildman–Crippen LogP) is 3.10. The maximum absolute atomic E-state index is 10.0. The molecule has 0 saturated heterocycles. The maximum Gasteiger partial charge on any atom is 0.0631 e. The molecule has 0 radical (unpaired) electrons. The van der Waals surface area contributed by atoms with Gasteiger partial charge in [-0.2, -0.15) is 0 Å². The third-order valence-corrected chi connectivity index (χ3v) is 2.98. The first-order valence-corrected chi connectivity index (χ1v) is 6.49. The van der Waals surface area contributed by atoms with Gasteiger partial charge in [-0.25, -0.2) is 0 Å². The van der Waals surface area contributed by atoms with E-state index in [-0.39, 0.29) is 0 Å². The Balaban J connectivity index is 3.32. The van der Waals surface area contributed by atoms with Crippen LogP contribution in [0.25, 0.3) is 0 Å². The molecule has 0 aromatic heterocycles. The second-order valence-electron chi connectivity index (χ2n) is 4.87. The zero-order valence-corrected chi connectivity index (χ0v) is 10.8. The highest BCUT2D eigenvalue weighted by molar-refractivity contribution is 4.72. The zero-order valence-electron chi connectivity index (χ0n) is 10.8. The Hall–Kier alpha value is -0.0800. The molecule has 1 atom stereocenters. The van der Waals surface area contributed by atoms with E-state index in [1.165, 1.54) is 38.5 Å². The molecule has 0 aliphatic carbocycles. The van der Waals surface area contributed by atoms with E-state index in [2.05, 4.69) is 12.2 Å². The van der Waals surface area contributed by atoms with Crippen LogP contribution in [0.1, 0.15) is 65.2 Å². The van der Waals surface area contributed by atoms with Gasteiger partial charge in [0.1, 0.15) is 0 Å². The monoisotopic (exact) mass is 215 g/mol. The van der Waals surface area contributed by atoms with Gasteiger partial charge < -0.3 is 10.4 Å². The maximum atomic E-state index is 10.0. The van der Waals surface area contributed by atoms with Crippen molar-refractivity contribution < 1.29 is 5.11 Å². The topological polar surface area (TPSA) is 32.3 Å². The summed E-state index contributed by atoms with van der Waals surface area (Å²) in [5.41, 5.74) is -0.465. The Morgan fingerprint density at radius 3 is 2.20 bits per heavy atom. The summed E-state index contributed by atoms with van der Waals surface area (Å²) in [7, 11) is 1.93. The van der Waals surface area contributed by atoms with Crippen molar-refractivity contribution in [3.63, 3.8) is 0 Å². The van der Waals surface area contributed by atoms with Crippen LogP contribution in [0.5, 0.6) is 0 Å². The molecule has 0 aromatic carbocycles. The molecule has 0 heterocycles. The molecule has 0 aliphatic heterocycles. The minimum atomic E-state index is -0.465. The lowest BCUT2D eigenvalue weighted by atomic mass is 9.94. The fraction of sp³-hybridized carbons (Fsp3) is 1.00. The van der Waals surface area contributed by atoms with Gasteiger partial charge in [0.25, 0.3) is 0 Å². The summed E-state index contributed by atoms with van der Waals surface area (Å²) >= 11 is 0. The first-order valence-electron chi connectivity index (χ1n) is 6.49. The Morgan fingerprint density at radius 2 is 1.60 bits per heavy atom. The van der Waals surface area contributed by atoms with Crippen LogP contribution < -0.4 is 5.32 Å². The van der Waals surface area contributed by atoms with Crippen molar-refractivity contribution in [2.24, 2.45) is 0 Å². The van der Waals surface area contributed by atoms with Gasteiger partial charge in [0, 0.05) is 0 Å². The lowest BCUT2D eigenvalue weighted by Crippen LogP contribution is -2.28. The first kappa shape index (κ1) is 14.9. The van der Waals surface area contributed by atoms with Crippen molar-refractivity contribution in [3.05, 3.63) is 0 Å². The summed E-state index contributed by atoms with van der Waals surface area (Å²) in [6, 6.07) is 0. The molecule has 0 spiro atoms. The molecule has 0 amide bonds. The van der Waals surface area contributed by atoms with E-state index < -0.39 is 5.60 Å². The summed E-state index contributed by atoms with van der Waals surface area (Å²) in [5, 5.41) is 13.1. The molecule has 15 heavy (non-hydrogen) atoms. The standard InChI is InChI=1S/C13H29NO/c1-4-5-6-7-8-9-10-13(2,15)11-12-14-3/h14-15H,4-12H2,1-3H3. The van der Waals surface area contributed by atoms with Crippen LogP contribution in [0.2, 0.25) is 0 Å². The van der Waals surface area contributed by atoms with Crippen LogP contribution in [-0.2, 0) is 0 Å². The highest BCUT2D eigenvalue weighted by Crippen LogP contribution is 2.18. The van der Waals surface area contributed by atoms with Crippen molar-refractivity contribution in [2.45, 2.75) is 70.8 Å². The number of hydrogen-bond acceptors (Lipinski definition) is 2. The van der Waals surface area contributed by atoms with E-state index in [0.29, 0.717) is 0 Å². The molecule has 0 fully saturated rings. The second-order valence-corrected chi connectivity index (χ2v) is 4.87. The van der Waals surface area contributed by atoms with Gasteiger partial charge in [-0.1, -0.05) is 45.4 Å². The van der Waals surface area contributed by atoms with Crippen molar-refractivity contribution >= 4 is 0 Å². The van der Waals surface area contributed by atoms with E-state index in [1.54, 1.807) is 0 Å². The molecule has 2 nitrogen and oxygen atoms in total. The Morgan fingerprint density at radius 1 is 1.00 bits per heavy atom. The highest BCUT2D eigenvalue weighted by atomic mass is 16.3. The molecule has 0 rings (SSSR count). The first-order chi connectivity index (χ1) is 7.12. The van der Waals surface area contributed by atoms with Gasteiger partial charge in [-0.15, -0.1) is 0 Å². The predicted molar refractivity (Wildman–Crippen MR) is 67.2 cm³/mol. The van der Waals surface area contributed by atoms with Crippen molar-refractivity contribution in [3.8, 4) is 0 Å². The minimum absolute atomic E-state index is 0.465. The number of hydrogen-bond donors (Lipinski definition) is 2. The zero-order chi connectivity index (χ0) is 11.6. The van der Waals surface area contributed by atoms with E-state index in [9.17, 15) is 5.11 Å².